The van der Waals surface area contributed by atoms with Crippen LogP contribution < -0.4 is 11.1 Å². The second kappa shape index (κ2) is 7.77. The Morgan fingerprint density at radius 3 is 2.55 bits per heavy atom. The first-order chi connectivity index (χ1) is 10.5. The molecule has 0 aliphatic heterocycles. The molecule has 3 N–H and O–H groups in total. The molecule has 1 unspecified atom stereocenters. The molecule has 6 heteroatoms. The van der Waals surface area contributed by atoms with Crippen LogP contribution in [-0.4, -0.2) is 11.2 Å². The van der Waals surface area contributed by atoms with Crippen molar-refractivity contribution >= 4 is 52.2 Å². The Bertz CT molecular complexity index is 662. The number of hydrogen-bond acceptors (Lipinski definition) is 3. The summed E-state index contributed by atoms with van der Waals surface area (Å²) in [6.07, 6.45) is 0.694. The fraction of sp³-hybridized carbons (Fsp3) is 0.188. The lowest BCUT2D eigenvalue weighted by Crippen LogP contribution is -2.24. The average Bonchev–Trinajstić information content (AvgIpc) is 2.51. The lowest BCUT2D eigenvalue weighted by atomic mass is 10.2. The second-order valence-corrected chi connectivity index (χ2v) is 6.74. The van der Waals surface area contributed by atoms with Crippen molar-refractivity contribution in [2.24, 2.45) is 0 Å². The van der Waals surface area contributed by atoms with Crippen molar-refractivity contribution < 1.29 is 4.79 Å². The fourth-order valence-electron chi connectivity index (χ4n) is 1.85. The highest BCUT2D eigenvalue weighted by atomic mass is 35.5. The summed E-state index contributed by atoms with van der Waals surface area (Å²) < 4.78 is 0. The summed E-state index contributed by atoms with van der Waals surface area (Å²) in [5.74, 6) is -0.103. The summed E-state index contributed by atoms with van der Waals surface area (Å²) >= 11 is 13.5. The van der Waals surface area contributed by atoms with E-state index in [0.717, 1.165) is 4.90 Å². The molecule has 0 fully saturated rings. The van der Waals surface area contributed by atoms with Crippen LogP contribution in [0.2, 0.25) is 10.0 Å². The van der Waals surface area contributed by atoms with Gasteiger partial charge in [0.25, 0.3) is 0 Å². The van der Waals surface area contributed by atoms with Crippen molar-refractivity contribution in [3.05, 3.63) is 52.5 Å². The molecule has 1 atom stereocenters. The third kappa shape index (κ3) is 4.32. The molecule has 0 aliphatic carbocycles. The van der Waals surface area contributed by atoms with Crippen LogP contribution in [0.5, 0.6) is 0 Å². The zero-order valence-corrected chi connectivity index (χ0v) is 14.3. The minimum Gasteiger partial charge on any atom is -0.399 e. The van der Waals surface area contributed by atoms with Gasteiger partial charge in [0.05, 0.1) is 21.0 Å². The van der Waals surface area contributed by atoms with Crippen LogP contribution in [0.25, 0.3) is 0 Å². The zero-order chi connectivity index (χ0) is 16.1. The lowest BCUT2D eigenvalue weighted by Gasteiger charge is -2.16. The first kappa shape index (κ1) is 17.0. The van der Waals surface area contributed by atoms with Crippen molar-refractivity contribution in [1.82, 2.24) is 0 Å². The summed E-state index contributed by atoms with van der Waals surface area (Å²) in [7, 11) is 0. The van der Waals surface area contributed by atoms with Gasteiger partial charge in [-0.3, -0.25) is 4.79 Å². The highest BCUT2D eigenvalue weighted by Crippen LogP contribution is 2.31. The van der Waals surface area contributed by atoms with Crippen molar-refractivity contribution in [3.63, 3.8) is 0 Å². The van der Waals surface area contributed by atoms with Gasteiger partial charge in [0.2, 0.25) is 5.91 Å². The molecule has 0 saturated carbocycles. The molecule has 0 aromatic heterocycles. The maximum Gasteiger partial charge on any atom is 0.237 e. The molecule has 0 bridgehead atoms. The number of nitrogens with two attached hydrogens (primary N) is 1. The lowest BCUT2D eigenvalue weighted by molar-refractivity contribution is -0.115. The molecule has 0 saturated heterocycles. The van der Waals surface area contributed by atoms with Gasteiger partial charge in [-0.1, -0.05) is 36.2 Å². The SMILES string of the molecule is CCC(Sc1ccc(N)cc1)C(=O)Nc1cccc(Cl)c1Cl. The quantitative estimate of drug-likeness (QED) is 0.581. The molecule has 3 nitrogen and oxygen atoms in total. The number of hydrogen-bond donors (Lipinski definition) is 2. The standard InChI is InChI=1S/C16H16Cl2N2OS/c1-2-14(22-11-8-6-10(19)7-9-11)16(21)20-13-5-3-4-12(17)15(13)18/h3-9,14H,2,19H2,1H3,(H,20,21). The van der Waals surface area contributed by atoms with E-state index in [2.05, 4.69) is 5.32 Å². The van der Waals surface area contributed by atoms with Gasteiger partial charge in [0, 0.05) is 10.6 Å². The van der Waals surface area contributed by atoms with Gasteiger partial charge in [-0.15, -0.1) is 11.8 Å². The van der Waals surface area contributed by atoms with E-state index in [9.17, 15) is 4.79 Å². The molecule has 2 aromatic carbocycles. The first-order valence-electron chi connectivity index (χ1n) is 6.78. The smallest absolute Gasteiger partial charge is 0.237 e. The molecule has 0 spiro atoms. The van der Waals surface area contributed by atoms with Gasteiger partial charge in [-0.25, -0.2) is 0 Å². The van der Waals surface area contributed by atoms with Crippen molar-refractivity contribution in [2.75, 3.05) is 11.1 Å². The largest absolute Gasteiger partial charge is 0.399 e. The van der Waals surface area contributed by atoms with E-state index in [1.165, 1.54) is 11.8 Å². The molecule has 0 radical (unpaired) electrons. The molecular formula is C16H16Cl2N2OS. The van der Waals surface area contributed by atoms with E-state index in [0.29, 0.717) is 27.8 Å². The van der Waals surface area contributed by atoms with Crippen LogP contribution in [0.3, 0.4) is 0 Å². The summed E-state index contributed by atoms with van der Waals surface area (Å²) in [5, 5.41) is 3.38. The first-order valence-corrected chi connectivity index (χ1v) is 8.42. The Morgan fingerprint density at radius 1 is 1.23 bits per heavy atom. The third-order valence-corrected chi connectivity index (χ3v) is 5.23. The van der Waals surface area contributed by atoms with Gasteiger partial charge in [-0.05, 0) is 42.8 Å². The monoisotopic (exact) mass is 354 g/mol. The maximum absolute atomic E-state index is 12.4. The number of amides is 1. The summed E-state index contributed by atoms with van der Waals surface area (Å²) in [5.41, 5.74) is 6.89. The Balaban J connectivity index is 2.08. The number of anilines is 2. The summed E-state index contributed by atoms with van der Waals surface area (Å²) in [6.45, 7) is 1.97. The maximum atomic E-state index is 12.4. The van der Waals surface area contributed by atoms with Crippen LogP contribution in [0.1, 0.15) is 13.3 Å². The van der Waals surface area contributed by atoms with Gasteiger partial charge in [-0.2, -0.15) is 0 Å². The van der Waals surface area contributed by atoms with Crippen molar-refractivity contribution in [1.29, 1.82) is 0 Å². The average molecular weight is 355 g/mol. The highest BCUT2D eigenvalue weighted by molar-refractivity contribution is 8.00. The predicted molar refractivity (Wildman–Crippen MR) is 95.9 cm³/mol. The number of thioether (sulfide) groups is 1. The molecule has 0 aliphatic rings. The van der Waals surface area contributed by atoms with Gasteiger partial charge >= 0.3 is 0 Å². The van der Waals surface area contributed by atoms with Crippen molar-refractivity contribution in [3.8, 4) is 0 Å². The topological polar surface area (TPSA) is 55.1 Å². The Hall–Kier alpha value is -1.36. The van der Waals surface area contributed by atoms with Crippen LogP contribution >= 0.6 is 35.0 Å². The normalized spacial score (nSPS) is 12.0. The van der Waals surface area contributed by atoms with E-state index < -0.39 is 0 Å². The third-order valence-electron chi connectivity index (χ3n) is 3.03. The minimum absolute atomic E-state index is 0.103. The van der Waals surface area contributed by atoms with Crippen LogP contribution in [-0.2, 0) is 4.79 Å². The highest BCUT2D eigenvalue weighted by Gasteiger charge is 2.19. The number of nitrogens with one attached hydrogen (secondary N) is 1. The van der Waals surface area contributed by atoms with E-state index in [-0.39, 0.29) is 11.2 Å². The Labute approximate surface area is 144 Å². The Morgan fingerprint density at radius 2 is 1.91 bits per heavy atom. The minimum atomic E-state index is -0.223. The number of carbonyl (C=O) groups excluding carboxylic acids is 1. The molecule has 22 heavy (non-hydrogen) atoms. The fourth-order valence-corrected chi connectivity index (χ4v) is 3.15. The van der Waals surface area contributed by atoms with E-state index in [4.69, 9.17) is 28.9 Å². The van der Waals surface area contributed by atoms with E-state index >= 15 is 0 Å². The molecular weight excluding hydrogens is 339 g/mol. The summed E-state index contributed by atoms with van der Waals surface area (Å²) in [4.78, 5) is 13.4. The number of rotatable bonds is 5. The van der Waals surface area contributed by atoms with Gasteiger partial charge < -0.3 is 11.1 Å². The van der Waals surface area contributed by atoms with Crippen LogP contribution in [0.15, 0.2) is 47.4 Å². The van der Waals surface area contributed by atoms with Gasteiger partial charge in [0.1, 0.15) is 0 Å². The number of carbonyl (C=O) groups is 1. The van der Waals surface area contributed by atoms with E-state index in [1.54, 1.807) is 18.2 Å². The number of nitrogen functional groups attached to an aromatic ring is 1. The zero-order valence-electron chi connectivity index (χ0n) is 12.0. The summed E-state index contributed by atoms with van der Waals surface area (Å²) in [6, 6.07) is 12.6. The molecule has 2 rings (SSSR count). The Kier molecular flexibility index (Phi) is 6.00. The number of halogens is 2. The number of benzene rings is 2. The van der Waals surface area contributed by atoms with Crippen LogP contribution in [0.4, 0.5) is 11.4 Å². The molecule has 1 amide bonds. The molecule has 116 valence electrons. The van der Waals surface area contributed by atoms with Crippen LogP contribution in [0, 0.1) is 0 Å². The predicted octanol–water partition coefficient (Wildman–Crippen LogP) is 5.09. The van der Waals surface area contributed by atoms with E-state index in [1.807, 2.05) is 31.2 Å². The molecule has 0 heterocycles. The molecule has 2 aromatic rings. The van der Waals surface area contributed by atoms with Crippen molar-refractivity contribution in [2.45, 2.75) is 23.5 Å². The second-order valence-electron chi connectivity index (χ2n) is 4.67. The van der Waals surface area contributed by atoms with Gasteiger partial charge in [0.15, 0.2) is 0 Å².